The molecule has 0 aliphatic carbocycles. The maximum atomic E-state index is 13.4. The fraction of sp³-hybridized carbons (Fsp3) is 0.619. The standard InChI is InChI=1S/C21H30N2O4/c1-15(2)19(16-6-8-17(26-3)9-7-16)21(25)23-10-4-5-18(23)20(24)22-11-13-27-14-12-22/h6-9,15,18-19H,4-5,10-14H2,1-3H3/t18-,19?/m0/s1. The number of carbonyl (C=O) groups is 2. The second kappa shape index (κ2) is 8.74. The smallest absolute Gasteiger partial charge is 0.245 e. The number of hydrogen-bond acceptors (Lipinski definition) is 4. The van der Waals surface area contributed by atoms with Crippen molar-refractivity contribution in [3.8, 4) is 5.75 Å². The molecule has 1 aromatic rings. The summed E-state index contributed by atoms with van der Waals surface area (Å²) in [6, 6.07) is 7.35. The first-order chi connectivity index (χ1) is 13.0. The van der Waals surface area contributed by atoms with E-state index in [0.29, 0.717) is 32.8 Å². The molecule has 2 atom stereocenters. The normalized spacial score (nSPS) is 21.4. The second-order valence-electron chi connectivity index (χ2n) is 7.62. The van der Waals surface area contributed by atoms with Gasteiger partial charge in [0.15, 0.2) is 0 Å². The van der Waals surface area contributed by atoms with Crippen LogP contribution in [0.4, 0.5) is 0 Å². The van der Waals surface area contributed by atoms with E-state index in [0.717, 1.165) is 24.2 Å². The average Bonchev–Trinajstić information content (AvgIpc) is 3.18. The summed E-state index contributed by atoms with van der Waals surface area (Å²) in [5.41, 5.74) is 0.972. The van der Waals surface area contributed by atoms with Gasteiger partial charge in [-0.1, -0.05) is 26.0 Å². The number of benzene rings is 1. The Kier molecular flexibility index (Phi) is 6.37. The van der Waals surface area contributed by atoms with Crippen LogP contribution in [0.2, 0.25) is 0 Å². The monoisotopic (exact) mass is 374 g/mol. The largest absolute Gasteiger partial charge is 0.497 e. The molecule has 0 radical (unpaired) electrons. The summed E-state index contributed by atoms with van der Waals surface area (Å²) in [6.45, 7) is 7.15. The van der Waals surface area contributed by atoms with E-state index >= 15 is 0 Å². The fourth-order valence-electron chi connectivity index (χ4n) is 4.08. The quantitative estimate of drug-likeness (QED) is 0.793. The SMILES string of the molecule is COc1ccc(C(C(=O)N2CCC[C@H]2C(=O)N2CCOCC2)C(C)C)cc1. The Hall–Kier alpha value is -2.08. The molecular formula is C21H30N2O4. The third kappa shape index (κ3) is 4.26. The fourth-order valence-corrected chi connectivity index (χ4v) is 4.08. The van der Waals surface area contributed by atoms with Crippen molar-refractivity contribution in [1.29, 1.82) is 0 Å². The van der Waals surface area contributed by atoms with Crippen LogP contribution in [0.3, 0.4) is 0 Å². The van der Waals surface area contributed by atoms with Crippen molar-refractivity contribution in [2.75, 3.05) is 40.0 Å². The van der Waals surface area contributed by atoms with Crippen molar-refractivity contribution in [1.82, 2.24) is 9.80 Å². The van der Waals surface area contributed by atoms with Crippen LogP contribution in [0.1, 0.15) is 38.2 Å². The molecule has 2 fully saturated rings. The summed E-state index contributed by atoms with van der Waals surface area (Å²) < 4.78 is 10.6. The van der Waals surface area contributed by atoms with Crippen LogP contribution >= 0.6 is 0 Å². The van der Waals surface area contributed by atoms with Gasteiger partial charge >= 0.3 is 0 Å². The topological polar surface area (TPSA) is 59.1 Å². The van der Waals surface area contributed by atoms with E-state index in [2.05, 4.69) is 13.8 Å². The van der Waals surface area contributed by atoms with Crippen molar-refractivity contribution in [2.45, 2.75) is 38.6 Å². The predicted octanol–water partition coefficient (Wildman–Crippen LogP) is 2.28. The Morgan fingerprint density at radius 1 is 1.11 bits per heavy atom. The molecule has 0 aromatic heterocycles. The molecule has 0 spiro atoms. The molecule has 0 saturated carbocycles. The third-order valence-electron chi connectivity index (χ3n) is 5.55. The Balaban J connectivity index is 1.78. The molecule has 2 aliphatic rings. The lowest BCUT2D eigenvalue weighted by molar-refractivity contribution is -0.147. The van der Waals surface area contributed by atoms with Gasteiger partial charge in [0.05, 0.1) is 26.2 Å². The van der Waals surface area contributed by atoms with Crippen molar-refractivity contribution < 1.29 is 19.1 Å². The van der Waals surface area contributed by atoms with Gasteiger partial charge in [-0.15, -0.1) is 0 Å². The van der Waals surface area contributed by atoms with Gasteiger partial charge < -0.3 is 19.3 Å². The first-order valence-corrected chi connectivity index (χ1v) is 9.84. The minimum absolute atomic E-state index is 0.0549. The molecule has 0 N–H and O–H groups in total. The van der Waals surface area contributed by atoms with Crippen LogP contribution in [0.25, 0.3) is 0 Å². The number of hydrogen-bond donors (Lipinski definition) is 0. The van der Waals surface area contributed by atoms with E-state index in [4.69, 9.17) is 9.47 Å². The number of amides is 2. The molecule has 6 nitrogen and oxygen atoms in total. The number of ether oxygens (including phenoxy) is 2. The van der Waals surface area contributed by atoms with Gasteiger partial charge in [-0.05, 0) is 36.5 Å². The van der Waals surface area contributed by atoms with Crippen molar-refractivity contribution >= 4 is 11.8 Å². The van der Waals surface area contributed by atoms with Gasteiger partial charge in [0.25, 0.3) is 0 Å². The zero-order valence-electron chi connectivity index (χ0n) is 16.5. The zero-order valence-corrected chi connectivity index (χ0v) is 16.5. The van der Waals surface area contributed by atoms with Crippen LogP contribution < -0.4 is 4.74 Å². The highest BCUT2D eigenvalue weighted by Crippen LogP contribution is 2.32. The highest BCUT2D eigenvalue weighted by Gasteiger charge is 2.40. The molecule has 2 heterocycles. The minimum atomic E-state index is -0.338. The summed E-state index contributed by atoms with van der Waals surface area (Å²) in [5.74, 6) is 0.788. The molecule has 2 aliphatic heterocycles. The molecule has 6 heteroatoms. The van der Waals surface area contributed by atoms with E-state index in [1.54, 1.807) is 7.11 Å². The van der Waals surface area contributed by atoms with Gasteiger partial charge in [0.2, 0.25) is 11.8 Å². The van der Waals surface area contributed by atoms with Gasteiger partial charge in [0, 0.05) is 19.6 Å². The molecule has 2 saturated heterocycles. The molecule has 1 unspecified atom stereocenters. The maximum Gasteiger partial charge on any atom is 0.245 e. The van der Waals surface area contributed by atoms with E-state index in [9.17, 15) is 9.59 Å². The summed E-state index contributed by atoms with van der Waals surface area (Å²) in [7, 11) is 1.63. The highest BCUT2D eigenvalue weighted by molar-refractivity contribution is 5.91. The van der Waals surface area contributed by atoms with Gasteiger partial charge in [-0.25, -0.2) is 0 Å². The molecular weight excluding hydrogens is 344 g/mol. The lowest BCUT2D eigenvalue weighted by Gasteiger charge is -2.34. The van der Waals surface area contributed by atoms with Crippen LogP contribution in [0.5, 0.6) is 5.75 Å². The maximum absolute atomic E-state index is 13.4. The second-order valence-corrected chi connectivity index (χ2v) is 7.62. The van der Waals surface area contributed by atoms with Gasteiger partial charge in [-0.2, -0.15) is 0 Å². The van der Waals surface area contributed by atoms with Gasteiger partial charge in [-0.3, -0.25) is 9.59 Å². The molecule has 27 heavy (non-hydrogen) atoms. The Labute approximate surface area is 161 Å². The summed E-state index contributed by atoms with van der Waals surface area (Å²) >= 11 is 0. The first-order valence-electron chi connectivity index (χ1n) is 9.84. The van der Waals surface area contributed by atoms with Crippen LogP contribution in [-0.4, -0.2) is 67.6 Å². The van der Waals surface area contributed by atoms with Crippen molar-refractivity contribution in [3.05, 3.63) is 29.8 Å². The number of morpholine rings is 1. The van der Waals surface area contributed by atoms with Gasteiger partial charge in [0.1, 0.15) is 11.8 Å². The van der Waals surface area contributed by atoms with Crippen LogP contribution in [0, 0.1) is 5.92 Å². The summed E-state index contributed by atoms with van der Waals surface area (Å²) in [5, 5.41) is 0. The number of likely N-dealkylation sites (tertiary alicyclic amines) is 1. The van der Waals surface area contributed by atoms with Crippen molar-refractivity contribution in [3.63, 3.8) is 0 Å². The molecule has 0 bridgehead atoms. The number of methoxy groups -OCH3 is 1. The summed E-state index contributed by atoms with van der Waals surface area (Å²) in [4.78, 5) is 30.1. The predicted molar refractivity (Wildman–Crippen MR) is 103 cm³/mol. The van der Waals surface area contributed by atoms with E-state index < -0.39 is 0 Å². The Morgan fingerprint density at radius 3 is 2.37 bits per heavy atom. The average molecular weight is 374 g/mol. The lowest BCUT2D eigenvalue weighted by Crippen LogP contribution is -2.52. The van der Waals surface area contributed by atoms with Crippen LogP contribution in [0.15, 0.2) is 24.3 Å². The molecule has 148 valence electrons. The van der Waals surface area contributed by atoms with E-state index in [-0.39, 0.29) is 29.7 Å². The number of nitrogens with zero attached hydrogens (tertiary/aromatic N) is 2. The minimum Gasteiger partial charge on any atom is -0.497 e. The molecule has 2 amide bonds. The van der Waals surface area contributed by atoms with Crippen LogP contribution in [-0.2, 0) is 14.3 Å². The zero-order chi connectivity index (χ0) is 19.4. The van der Waals surface area contributed by atoms with Crippen molar-refractivity contribution in [2.24, 2.45) is 5.92 Å². The number of rotatable bonds is 5. The summed E-state index contributed by atoms with van der Waals surface area (Å²) in [6.07, 6.45) is 1.62. The lowest BCUT2D eigenvalue weighted by atomic mass is 9.87. The molecule has 1 aromatic carbocycles. The highest BCUT2D eigenvalue weighted by atomic mass is 16.5. The Morgan fingerprint density at radius 2 is 1.78 bits per heavy atom. The Bertz CT molecular complexity index is 653. The number of carbonyl (C=O) groups excluding carboxylic acids is 2. The molecule has 3 rings (SSSR count). The third-order valence-corrected chi connectivity index (χ3v) is 5.55. The van der Waals surface area contributed by atoms with E-state index in [1.807, 2.05) is 34.1 Å². The first kappa shape index (κ1) is 19.7. The van der Waals surface area contributed by atoms with E-state index in [1.165, 1.54) is 0 Å².